The zero-order valence-electron chi connectivity index (χ0n) is 9.92. The maximum atomic E-state index is 9.06. The second-order valence-electron chi connectivity index (χ2n) is 4.15. The molecule has 0 aliphatic carbocycles. The predicted molar refractivity (Wildman–Crippen MR) is 73.5 cm³/mol. The molecule has 2 aromatic heterocycles. The minimum Gasteiger partial charge on any atom is -0.391 e. The predicted octanol–water partition coefficient (Wildman–Crippen LogP) is 3.16. The van der Waals surface area contributed by atoms with Gasteiger partial charge >= 0.3 is 0 Å². The highest BCUT2D eigenvalue weighted by molar-refractivity contribution is 7.15. The summed E-state index contributed by atoms with van der Waals surface area (Å²) in [4.78, 5) is 9.68. The van der Waals surface area contributed by atoms with Crippen LogP contribution in [0.4, 0.5) is 0 Å². The quantitative estimate of drug-likeness (QED) is 0.766. The first-order chi connectivity index (χ1) is 8.76. The molecule has 0 atom stereocenters. The third-order valence-corrected chi connectivity index (χ3v) is 3.82. The highest BCUT2D eigenvalue weighted by atomic mass is 32.1. The minimum absolute atomic E-state index is 0.0476. The van der Waals surface area contributed by atoms with Crippen molar-refractivity contribution in [3.05, 3.63) is 47.1 Å². The Bertz CT molecular complexity index is 706. The fraction of sp³-hybridized carbons (Fsp3) is 0.143. The van der Waals surface area contributed by atoms with E-state index >= 15 is 0 Å². The van der Waals surface area contributed by atoms with Crippen molar-refractivity contribution in [2.45, 2.75) is 13.5 Å². The lowest BCUT2D eigenvalue weighted by molar-refractivity contribution is 0.285. The van der Waals surface area contributed by atoms with Gasteiger partial charge < -0.3 is 5.11 Å². The van der Waals surface area contributed by atoms with Crippen molar-refractivity contribution in [1.82, 2.24) is 9.97 Å². The van der Waals surface area contributed by atoms with Gasteiger partial charge in [-0.05, 0) is 31.2 Å². The van der Waals surface area contributed by atoms with Gasteiger partial charge in [-0.1, -0.05) is 6.07 Å². The van der Waals surface area contributed by atoms with Crippen molar-refractivity contribution in [3.8, 4) is 10.6 Å². The molecule has 0 bridgehead atoms. The summed E-state index contributed by atoms with van der Waals surface area (Å²) in [6.45, 7) is 2.04. The molecule has 0 aliphatic heterocycles. The summed E-state index contributed by atoms with van der Waals surface area (Å²) in [7, 11) is 0. The van der Waals surface area contributed by atoms with E-state index < -0.39 is 0 Å². The number of rotatable bonds is 2. The first-order valence-corrected chi connectivity index (χ1v) is 6.51. The van der Waals surface area contributed by atoms with Crippen LogP contribution < -0.4 is 0 Å². The highest BCUT2D eigenvalue weighted by Gasteiger charge is 2.05. The van der Waals surface area contributed by atoms with E-state index in [4.69, 9.17) is 5.11 Å². The minimum atomic E-state index is 0.0476. The lowest BCUT2D eigenvalue weighted by Gasteiger charge is -2.01. The maximum absolute atomic E-state index is 9.06. The fourth-order valence-electron chi connectivity index (χ4n) is 1.87. The van der Waals surface area contributed by atoms with Crippen molar-refractivity contribution in [3.63, 3.8) is 0 Å². The van der Waals surface area contributed by atoms with E-state index in [0.717, 1.165) is 32.0 Å². The van der Waals surface area contributed by atoms with Gasteiger partial charge in [0, 0.05) is 22.8 Å². The Morgan fingerprint density at radius 2 is 2.11 bits per heavy atom. The topological polar surface area (TPSA) is 46.0 Å². The number of aryl methyl sites for hydroxylation is 1. The summed E-state index contributed by atoms with van der Waals surface area (Å²) in [5.74, 6) is 0. The molecular weight excluding hydrogens is 244 g/mol. The van der Waals surface area contributed by atoms with Crippen LogP contribution in [0.25, 0.3) is 21.5 Å². The molecule has 0 unspecified atom stereocenters. The molecule has 0 saturated heterocycles. The Morgan fingerprint density at radius 1 is 1.22 bits per heavy atom. The number of fused-ring (bicyclic) bond motifs is 1. The molecule has 0 spiro atoms. The van der Waals surface area contributed by atoms with E-state index in [1.807, 2.05) is 25.1 Å². The van der Waals surface area contributed by atoms with Gasteiger partial charge in [0.05, 0.1) is 17.0 Å². The van der Waals surface area contributed by atoms with Crippen molar-refractivity contribution in [2.75, 3.05) is 0 Å². The van der Waals surface area contributed by atoms with Crippen LogP contribution in [-0.2, 0) is 6.61 Å². The van der Waals surface area contributed by atoms with E-state index in [9.17, 15) is 0 Å². The van der Waals surface area contributed by atoms with Crippen molar-refractivity contribution in [1.29, 1.82) is 0 Å². The SMILES string of the molecule is Cc1ccc2cc(-c3ncc(CO)s3)ccc2n1. The van der Waals surface area contributed by atoms with E-state index in [1.54, 1.807) is 6.20 Å². The molecule has 18 heavy (non-hydrogen) atoms. The Morgan fingerprint density at radius 3 is 2.89 bits per heavy atom. The molecule has 1 N–H and O–H groups in total. The third-order valence-electron chi connectivity index (χ3n) is 2.78. The van der Waals surface area contributed by atoms with Crippen LogP contribution in [0.15, 0.2) is 36.5 Å². The standard InChI is InChI=1S/C14H12N2OS/c1-9-2-3-10-6-11(4-5-13(10)16-9)14-15-7-12(8-17)18-14/h2-7,17H,8H2,1H3. The van der Waals surface area contributed by atoms with Gasteiger partial charge in [-0.3, -0.25) is 4.98 Å². The fourth-order valence-corrected chi connectivity index (χ4v) is 2.64. The molecule has 2 heterocycles. The molecule has 0 aliphatic rings. The highest BCUT2D eigenvalue weighted by Crippen LogP contribution is 2.27. The van der Waals surface area contributed by atoms with Crippen LogP contribution >= 0.6 is 11.3 Å². The van der Waals surface area contributed by atoms with Crippen LogP contribution in [0.2, 0.25) is 0 Å². The molecule has 3 aromatic rings. The zero-order chi connectivity index (χ0) is 12.5. The van der Waals surface area contributed by atoms with E-state index in [-0.39, 0.29) is 6.61 Å². The van der Waals surface area contributed by atoms with Gasteiger partial charge in [0.15, 0.2) is 0 Å². The number of benzene rings is 1. The van der Waals surface area contributed by atoms with Gasteiger partial charge in [-0.25, -0.2) is 4.98 Å². The van der Waals surface area contributed by atoms with Crippen molar-refractivity contribution < 1.29 is 5.11 Å². The number of aliphatic hydroxyl groups is 1. The van der Waals surface area contributed by atoms with Gasteiger partial charge in [-0.15, -0.1) is 11.3 Å². The zero-order valence-corrected chi connectivity index (χ0v) is 10.7. The average Bonchev–Trinajstić information content (AvgIpc) is 2.87. The number of nitrogens with zero attached hydrogens (tertiary/aromatic N) is 2. The number of pyridine rings is 1. The number of thiazole rings is 1. The Kier molecular flexibility index (Phi) is 2.81. The molecule has 0 radical (unpaired) electrons. The summed E-state index contributed by atoms with van der Waals surface area (Å²) in [5.41, 5.74) is 3.09. The molecule has 0 saturated carbocycles. The molecule has 3 nitrogen and oxygen atoms in total. The lowest BCUT2D eigenvalue weighted by atomic mass is 10.1. The first-order valence-electron chi connectivity index (χ1n) is 5.69. The van der Waals surface area contributed by atoms with E-state index in [2.05, 4.69) is 22.1 Å². The maximum Gasteiger partial charge on any atom is 0.123 e. The van der Waals surface area contributed by atoms with Crippen LogP contribution in [0, 0.1) is 6.92 Å². The van der Waals surface area contributed by atoms with Gasteiger partial charge in [0.25, 0.3) is 0 Å². The number of hydrogen-bond donors (Lipinski definition) is 1. The molecule has 1 aromatic carbocycles. The molecule has 90 valence electrons. The number of aromatic nitrogens is 2. The number of hydrogen-bond acceptors (Lipinski definition) is 4. The monoisotopic (exact) mass is 256 g/mol. The first kappa shape index (κ1) is 11.3. The summed E-state index contributed by atoms with van der Waals surface area (Å²) in [5, 5.41) is 11.1. The van der Waals surface area contributed by atoms with Crippen LogP contribution in [0.3, 0.4) is 0 Å². The summed E-state index contributed by atoms with van der Waals surface area (Å²) >= 11 is 1.52. The summed E-state index contributed by atoms with van der Waals surface area (Å²) in [6, 6.07) is 10.2. The van der Waals surface area contributed by atoms with Crippen LogP contribution in [-0.4, -0.2) is 15.1 Å². The molecular formula is C14H12N2OS. The third kappa shape index (κ3) is 2.00. The second-order valence-corrected chi connectivity index (χ2v) is 5.27. The lowest BCUT2D eigenvalue weighted by Crippen LogP contribution is -1.83. The van der Waals surface area contributed by atoms with Crippen LogP contribution in [0.1, 0.15) is 10.6 Å². The Hall–Kier alpha value is -1.78. The average molecular weight is 256 g/mol. The normalized spacial score (nSPS) is 11.0. The van der Waals surface area contributed by atoms with Gasteiger partial charge in [0.2, 0.25) is 0 Å². The summed E-state index contributed by atoms with van der Waals surface area (Å²) in [6.07, 6.45) is 1.72. The molecule has 0 amide bonds. The smallest absolute Gasteiger partial charge is 0.123 e. The Labute approximate surface area is 109 Å². The van der Waals surface area contributed by atoms with Crippen molar-refractivity contribution in [2.24, 2.45) is 0 Å². The van der Waals surface area contributed by atoms with Gasteiger partial charge in [-0.2, -0.15) is 0 Å². The molecule has 0 fully saturated rings. The van der Waals surface area contributed by atoms with E-state index in [0.29, 0.717) is 0 Å². The largest absolute Gasteiger partial charge is 0.391 e. The molecule has 3 rings (SSSR count). The van der Waals surface area contributed by atoms with Crippen molar-refractivity contribution >= 4 is 22.2 Å². The summed E-state index contributed by atoms with van der Waals surface area (Å²) < 4.78 is 0. The van der Waals surface area contributed by atoms with Gasteiger partial charge in [0.1, 0.15) is 5.01 Å². The Balaban J connectivity index is 2.10. The van der Waals surface area contributed by atoms with Crippen LogP contribution in [0.5, 0.6) is 0 Å². The van der Waals surface area contributed by atoms with E-state index in [1.165, 1.54) is 11.3 Å². The molecule has 4 heteroatoms. The second kappa shape index (κ2) is 4.48. The number of aliphatic hydroxyl groups excluding tert-OH is 1.